The van der Waals surface area contributed by atoms with Gasteiger partial charge in [0.15, 0.2) is 11.4 Å². The maximum Gasteiger partial charge on any atom is 0.255 e. The number of nitrogens with zero attached hydrogens (tertiary/aromatic N) is 3. The molecule has 1 aliphatic heterocycles. The number of halogens is 1. The lowest BCUT2D eigenvalue weighted by Crippen LogP contribution is -2.63. The minimum atomic E-state index is -3.36. The van der Waals surface area contributed by atoms with Gasteiger partial charge in [-0.1, -0.05) is 0 Å². The first-order valence-electron chi connectivity index (χ1n) is 13.4. The minimum absolute atomic E-state index is 0.0468. The van der Waals surface area contributed by atoms with Crippen molar-refractivity contribution in [2.75, 3.05) is 46.5 Å². The second-order valence-corrected chi connectivity index (χ2v) is 13.6. The molecule has 3 aliphatic carbocycles. The summed E-state index contributed by atoms with van der Waals surface area (Å²) >= 11 is 0. The molecular weight excluding hydrogens is 575 g/mol. The number of sulfonamides is 1. The number of hydrogen-bond donors (Lipinski definition) is 5. The molecule has 228 valence electrons. The van der Waals surface area contributed by atoms with E-state index in [0.717, 1.165) is 12.3 Å². The third kappa shape index (κ3) is 4.41. The summed E-state index contributed by atoms with van der Waals surface area (Å²) in [5.74, 6) is -8.73. The van der Waals surface area contributed by atoms with Crippen LogP contribution in [0.25, 0.3) is 0 Å². The first kappa shape index (κ1) is 30.1. The number of benzene rings is 1. The fourth-order valence-electron chi connectivity index (χ4n) is 6.93. The van der Waals surface area contributed by atoms with E-state index in [-0.39, 0.29) is 49.2 Å². The molecule has 1 aromatic rings. The summed E-state index contributed by atoms with van der Waals surface area (Å²) in [5.41, 5.74) is 0.892. The highest BCUT2D eigenvalue weighted by Gasteiger charge is 2.63. The zero-order chi connectivity index (χ0) is 31.0. The molecule has 0 bridgehead atoms. The average molecular weight is 609 g/mol. The predicted octanol–water partition coefficient (Wildman–Crippen LogP) is -0.663. The van der Waals surface area contributed by atoms with Gasteiger partial charge >= 0.3 is 0 Å². The molecule has 5 rings (SSSR count). The highest BCUT2D eigenvalue weighted by atomic mass is 32.2. The van der Waals surface area contributed by atoms with Gasteiger partial charge in [-0.25, -0.2) is 12.8 Å². The number of phenols is 1. The number of primary amides is 1. The smallest absolute Gasteiger partial charge is 0.255 e. The standard InChI is InChI=1S/C27H33FN4O9S/c1-30(2)21-15-9-12-8-14-18(22(34)17(12)24(36)27(15,39)25(37)19(23(21)35)26(29)38)16(33)10-13(20(14)28)11-31-4-6-32(7-5-31)42(3,40)41/h10,12,15,21,33,35-36,39H,4-9,11H2,1-3H3,(H2,29,38)/t12-,15-,21-,27-/m0/s1. The van der Waals surface area contributed by atoms with Crippen LogP contribution in [0.15, 0.2) is 28.7 Å². The van der Waals surface area contributed by atoms with E-state index in [1.54, 1.807) is 0 Å². The molecule has 4 atom stereocenters. The third-order valence-electron chi connectivity index (χ3n) is 8.93. The zero-order valence-electron chi connectivity index (χ0n) is 23.3. The molecule has 4 aliphatic rings. The van der Waals surface area contributed by atoms with Crippen LogP contribution >= 0.6 is 0 Å². The normalized spacial score (nSPS) is 29.0. The highest BCUT2D eigenvalue weighted by Crippen LogP contribution is 2.52. The summed E-state index contributed by atoms with van der Waals surface area (Å²) in [4.78, 5) is 42.3. The zero-order valence-corrected chi connectivity index (χ0v) is 24.1. The summed E-state index contributed by atoms with van der Waals surface area (Å²) in [7, 11) is -0.319. The molecule has 0 spiro atoms. The second kappa shape index (κ2) is 10.1. The van der Waals surface area contributed by atoms with Crippen molar-refractivity contribution in [3.05, 3.63) is 51.2 Å². The molecule has 1 heterocycles. The number of aromatic hydroxyl groups is 1. The molecule has 0 saturated carbocycles. The van der Waals surface area contributed by atoms with Crippen molar-refractivity contribution in [1.29, 1.82) is 0 Å². The molecule has 6 N–H and O–H groups in total. The number of phenolic OH excluding ortho intramolecular Hbond substituents is 1. The van der Waals surface area contributed by atoms with E-state index in [1.807, 2.05) is 4.90 Å². The monoisotopic (exact) mass is 608 g/mol. The molecule has 15 heteroatoms. The Bertz CT molecular complexity index is 1580. The summed E-state index contributed by atoms with van der Waals surface area (Å²) in [6, 6.07) is -0.0434. The summed E-state index contributed by atoms with van der Waals surface area (Å²) in [5, 5.41) is 44.6. The van der Waals surface area contributed by atoms with Crippen molar-refractivity contribution in [2.24, 2.45) is 17.6 Å². The lowest BCUT2D eigenvalue weighted by molar-refractivity contribution is -0.148. The van der Waals surface area contributed by atoms with E-state index < -0.39 is 85.2 Å². The Morgan fingerprint density at radius 2 is 1.79 bits per heavy atom. The Morgan fingerprint density at radius 3 is 2.33 bits per heavy atom. The second-order valence-electron chi connectivity index (χ2n) is 11.6. The Hall–Kier alpha value is -3.37. The number of carbonyl (C=O) groups is 3. The first-order valence-corrected chi connectivity index (χ1v) is 15.2. The van der Waals surface area contributed by atoms with Gasteiger partial charge in [-0.2, -0.15) is 4.31 Å². The average Bonchev–Trinajstić information content (AvgIpc) is 2.88. The molecule has 1 fully saturated rings. The number of amides is 1. The Kier molecular flexibility index (Phi) is 7.25. The minimum Gasteiger partial charge on any atom is -0.510 e. The molecule has 1 amide bonds. The van der Waals surface area contributed by atoms with Crippen molar-refractivity contribution in [3.8, 4) is 5.75 Å². The molecule has 42 heavy (non-hydrogen) atoms. The Labute approximate surface area is 241 Å². The number of piperazine rings is 1. The number of likely N-dealkylation sites (N-methyl/N-ethyl adjacent to an activating group) is 1. The van der Waals surface area contributed by atoms with Gasteiger partial charge in [0.05, 0.1) is 17.9 Å². The SMILES string of the molecule is CN(C)[C@@H]1C(O)=C(C(N)=O)C(=O)[C@@]2(O)C(O)=C3C(=O)c4c(O)cc(CN5CCN(S(C)(=O)=O)CC5)c(F)c4C[C@H]3C[C@@H]12. The molecular formula is C27H33FN4O9S. The number of hydrogen-bond acceptors (Lipinski definition) is 11. The highest BCUT2D eigenvalue weighted by molar-refractivity contribution is 7.88. The van der Waals surface area contributed by atoms with E-state index in [2.05, 4.69) is 0 Å². The van der Waals surface area contributed by atoms with E-state index in [1.165, 1.54) is 23.3 Å². The fourth-order valence-corrected chi connectivity index (χ4v) is 7.76. The van der Waals surface area contributed by atoms with Gasteiger partial charge in [-0.15, -0.1) is 0 Å². The van der Waals surface area contributed by atoms with Crippen LogP contribution < -0.4 is 5.73 Å². The Morgan fingerprint density at radius 1 is 1.17 bits per heavy atom. The van der Waals surface area contributed by atoms with E-state index >= 15 is 4.39 Å². The molecule has 1 aromatic carbocycles. The van der Waals surface area contributed by atoms with Gasteiger partial charge in [0.25, 0.3) is 5.91 Å². The molecule has 0 unspecified atom stereocenters. The summed E-state index contributed by atoms with van der Waals surface area (Å²) in [6.45, 7) is 1.15. The van der Waals surface area contributed by atoms with Crippen molar-refractivity contribution >= 4 is 27.5 Å². The molecule has 1 saturated heterocycles. The number of Topliss-reactive ketones (excluding diaryl/α,β-unsaturated/α-hetero) is 2. The van der Waals surface area contributed by atoms with Crippen LogP contribution in [-0.2, 0) is 32.6 Å². The number of aliphatic hydroxyl groups excluding tert-OH is 2. The first-order chi connectivity index (χ1) is 19.5. The topological polar surface area (TPSA) is 202 Å². The lowest BCUT2D eigenvalue weighted by Gasteiger charge is -2.50. The van der Waals surface area contributed by atoms with Crippen LogP contribution in [0.2, 0.25) is 0 Å². The maximum atomic E-state index is 16.0. The quantitative estimate of drug-likeness (QED) is 0.266. The van der Waals surface area contributed by atoms with Crippen LogP contribution in [0.5, 0.6) is 5.75 Å². The van der Waals surface area contributed by atoms with Crippen LogP contribution in [0.3, 0.4) is 0 Å². The molecule has 13 nitrogen and oxygen atoms in total. The number of allylic oxidation sites excluding steroid dienone is 1. The molecule has 0 aromatic heterocycles. The summed E-state index contributed by atoms with van der Waals surface area (Å²) in [6.07, 6.45) is 0.805. The van der Waals surface area contributed by atoms with Crippen LogP contribution in [-0.4, -0.2) is 119 Å². The number of carbonyl (C=O) groups excluding carboxylic acids is 3. The van der Waals surface area contributed by atoms with Gasteiger partial charge in [-0.3, -0.25) is 24.2 Å². The number of ketones is 2. The van der Waals surface area contributed by atoms with Gasteiger partial charge in [0.1, 0.15) is 28.7 Å². The van der Waals surface area contributed by atoms with Gasteiger partial charge in [-0.05, 0) is 38.9 Å². The van der Waals surface area contributed by atoms with E-state index in [0.29, 0.717) is 13.1 Å². The van der Waals surface area contributed by atoms with Crippen molar-refractivity contribution in [3.63, 3.8) is 0 Å². The largest absolute Gasteiger partial charge is 0.510 e. The van der Waals surface area contributed by atoms with Gasteiger partial charge < -0.3 is 26.2 Å². The van der Waals surface area contributed by atoms with E-state index in [4.69, 9.17) is 5.73 Å². The summed E-state index contributed by atoms with van der Waals surface area (Å²) < 4.78 is 40.9. The number of fused-ring (bicyclic) bond motifs is 3. The maximum absolute atomic E-state index is 16.0. The van der Waals surface area contributed by atoms with Crippen molar-refractivity contribution in [2.45, 2.75) is 31.0 Å². The van der Waals surface area contributed by atoms with Crippen molar-refractivity contribution in [1.82, 2.24) is 14.1 Å². The third-order valence-corrected chi connectivity index (χ3v) is 10.2. The van der Waals surface area contributed by atoms with Gasteiger partial charge in [0.2, 0.25) is 15.8 Å². The number of rotatable bonds is 5. The number of aliphatic hydroxyl groups is 3. The van der Waals surface area contributed by atoms with Gasteiger partial charge in [0, 0.05) is 55.3 Å². The van der Waals surface area contributed by atoms with E-state index in [9.17, 15) is 43.2 Å². The van der Waals surface area contributed by atoms with Crippen LogP contribution in [0.4, 0.5) is 4.39 Å². The Balaban J connectivity index is 1.54. The number of nitrogens with two attached hydrogens (primary N) is 1. The lowest BCUT2D eigenvalue weighted by atomic mass is 9.58. The van der Waals surface area contributed by atoms with Crippen molar-refractivity contribution < 1.29 is 47.6 Å². The van der Waals surface area contributed by atoms with Crippen LogP contribution in [0.1, 0.15) is 27.9 Å². The van der Waals surface area contributed by atoms with Crippen LogP contribution in [0, 0.1) is 17.7 Å². The molecule has 0 radical (unpaired) electrons. The fraction of sp³-hybridized carbons (Fsp3) is 0.519. The predicted molar refractivity (Wildman–Crippen MR) is 145 cm³/mol.